The van der Waals surface area contributed by atoms with E-state index in [1.807, 2.05) is 0 Å². The number of nitrogens with two attached hydrogens (primary N) is 1. The van der Waals surface area contributed by atoms with Gasteiger partial charge in [0.15, 0.2) is 6.04 Å². The lowest BCUT2D eigenvalue weighted by molar-refractivity contribution is -0.140. The van der Waals surface area contributed by atoms with Crippen LogP contribution in [0, 0.1) is 0 Å². The highest BCUT2D eigenvalue weighted by Crippen LogP contribution is 2.05. The highest BCUT2D eigenvalue weighted by atomic mass is 16.4. The molecule has 0 fully saturated rings. The van der Waals surface area contributed by atoms with E-state index in [-0.39, 0.29) is 11.4 Å². The predicted octanol–water partition coefficient (Wildman–Crippen LogP) is -1.83. The molecule has 8 heteroatoms. The van der Waals surface area contributed by atoms with Crippen LogP contribution in [0.25, 0.3) is 0 Å². The minimum Gasteiger partial charge on any atom is -0.480 e. The summed E-state index contributed by atoms with van der Waals surface area (Å²) in [6, 6.07) is -1.35. The van der Waals surface area contributed by atoms with Crippen LogP contribution >= 0.6 is 0 Å². The fourth-order valence-corrected chi connectivity index (χ4v) is 0.899. The van der Waals surface area contributed by atoms with Crippen LogP contribution in [-0.4, -0.2) is 44.9 Å². The summed E-state index contributed by atoms with van der Waals surface area (Å²) in [7, 11) is 0. The van der Waals surface area contributed by atoms with Gasteiger partial charge in [0.25, 0.3) is 5.91 Å². The number of aliphatic hydroxyl groups excluding tert-OH is 1. The molecular formula is C7H10N4O4. The minimum atomic E-state index is -1.35. The number of aliphatic carboxylic acids is 1. The molecule has 6 N–H and O–H groups in total. The van der Waals surface area contributed by atoms with E-state index >= 15 is 0 Å². The number of rotatable bonds is 4. The molecule has 0 spiro atoms. The fourth-order valence-electron chi connectivity index (χ4n) is 0.899. The normalized spacial score (nSPS) is 12.1. The standard InChI is InChI=1S/C7H10N4O4/c8-5-3(1-9-11-5)6(13)10-4(2-12)7(14)15/h1,4,12H,2H2,(H,10,13)(H,14,15)(H3,8,9,11). The van der Waals surface area contributed by atoms with E-state index in [1.54, 1.807) is 0 Å². The number of aromatic amines is 1. The molecule has 0 saturated carbocycles. The number of carbonyl (C=O) groups excluding carboxylic acids is 1. The van der Waals surface area contributed by atoms with Gasteiger partial charge < -0.3 is 21.3 Å². The molecule has 0 radical (unpaired) electrons. The summed E-state index contributed by atoms with van der Waals surface area (Å²) in [6.45, 7) is -0.696. The number of nitrogens with zero attached hydrogens (tertiary/aromatic N) is 1. The third-order valence-corrected chi connectivity index (χ3v) is 1.70. The van der Waals surface area contributed by atoms with E-state index in [4.69, 9.17) is 15.9 Å². The molecule has 1 amide bonds. The van der Waals surface area contributed by atoms with Crippen molar-refractivity contribution in [3.63, 3.8) is 0 Å². The van der Waals surface area contributed by atoms with Crippen LogP contribution in [0.5, 0.6) is 0 Å². The molecule has 8 nitrogen and oxygen atoms in total. The maximum atomic E-state index is 11.4. The number of amides is 1. The summed E-state index contributed by atoms with van der Waals surface area (Å²) in [6.07, 6.45) is 1.17. The van der Waals surface area contributed by atoms with Gasteiger partial charge in [0, 0.05) is 0 Å². The quantitative estimate of drug-likeness (QED) is 0.399. The zero-order valence-electron chi connectivity index (χ0n) is 7.60. The number of carbonyl (C=O) groups is 2. The second-order valence-corrected chi connectivity index (χ2v) is 2.74. The van der Waals surface area contributed by atoms with Gasteiger partial charge in [0.1, 0.15) is 11.4 Å². The molecule has 0 bridgehead atoms. The minimum absolute atomic E-state index is 0.0366. The van der Waals surface area contributed by atoms with Crippen molar-refractivity contribution in [2.75, 3.05) is 12.3 Å². The Morgan fingerprint density at radius 2 is 2.33 bits per heavy atom. The highest BCUT2D eigenvalue weighted by Gasteiger charge is 2.21. The third-order valence-electron chi connectivity index (χ3n) is 1.70. The molecule has 1 aromatic heterocycles. The van der Waals surface area contributed by atoms with E-state index in [1.165, 1.54) is 6.20 Å². The van der Waals surface area contributed by atoms with Crippen LogP contribution in [0.1, 0.15) is 10.4 Å². The van der Waals surface area contributed by atoms with Crippen molar-refractivity contribution in [1.29, 1.82) is 0 Å². The van der Waals surface area contributed by atoms with Crippen LogP contribution in [0.4, 0.5) is 5.82 Å². The van der Waals surface area contributed by atoms with Gasteiger partial charge in [-0.25, -0.2) is 4.79 Å². The number of nitrogens with one attached hydrogen (secondary N) is 2. The van der Waals surface area contributed by atoms with Crippen molar-refractivity contribution >= 4 is 17.7 Å². The Hall–Kier alpha value is -2.09. The second-order valence-electron chi connectivity index (χ2n) is 2.74. The number of carboxylic acid groups (broad SMARTS) is 1. The topological polar surface area (TPSA) is 141 Å². The first-order valence-corrected chi connectivity index (χ1v) is 3.99. The SMILES string of the molecule is Nc1[nH]ncc1C(=O)NC(CO)C(=O)O. The lowest BCUT2D eigenvalue weighted by atomic mass is 10.2. The lowest BCUT2D eigenvalue weighted by Gasteiger charge is -2.10. The molecule has 0 aliphatic carbocycles. The Kier molecular flexibility index (Phi) is 3.24. The average Bonchev–Trinajstić information content (AvgIpc) is 2.60. The Balaban J connectivity index is 2.71. The molecule has 1 rings (SSSR count). The summed E-state index contributed by atoms with van der Waals surface area (Å²) in [4.78, 5) is 21.9. The zero-order valence-corrected chi connectivity index (χ0v) is 7.60. The number of hydrogen-bond acceptors (Lipinski definition) is 5. The van der Waals surface area contributed by atoms with Crippen molar-refractivity contribution in [2.24, 2.45) is 0 Å². The molecule has 1 atom stereocenters. The first-order chi connectivity index (χ1) is 7.06. The predicted molar refractivity (Wildman–Crippen MR) is 49.0 cm³/mol. The van der Waals surface area contributed by atoms with Gasteiger partial charge in [-0.15, -0.1) is 0 Å². The van der Waals surface area contributed by atoms with E-state index < -0.39 is 24.5 Å². The zero-order chi connectivity index (χ0) is 11.4. The Morgan fingerprint density at radius 1 is 1.67 bits per heavy atom. The number of carboxylic acids is 1. The second kappa shape index (κ2) is 4.42. The summed E-state index contributed by atoms with van der Waals surface area (Å²) in [5.41, 5.74) is 5.38. The van der Waals surface area contributed by atoms with Gasteiger partial charge in [-0.2, -0.15) is 5.10 Å². The summed E-state index contributed by atoms with van der Waals surface area (Å²) in [5, 5.41) is 25.1. The average molecular weight is 214 g/mol. The highest BCUT2D eigenvalue weighted by molar-refractivity contribution is 5.99. The Bertz CT molecular complexity index is 375. The Morgan fingerprint density at radius 3 is 2.73 bits per heavy atom. The van der Waals surface area contributed by atoms with Gasteiger partial charge in [-0.05, 0) is 0 Å². The van der Waals surface area contributed by atoms with Crippen LogP contribution in [0.3, 0.4) is 0 Å². The molecule has 1 heterocycles. The van der Waals surface area contributed by atoms with Crippen LogP contribution in [-0.2, 0) is 4.79 Å². The molecule has 1 aromatic rings. The summed E-state index contributed by atoms with van der Waals surface area (Å²) >= 11 is 0. The smallest absolute Gasteiger partial charge is 0.328 e. The lowest BCUT2D eigenvalue weighted by Crippen LogP contribution is -2.43. The summed E-state index contributed by atoms with van der Waals surface area (Å²) in [5.74, 6) is -2.00. The van der Waals surface area contributed by atoms with Gasteiger partial charge in [0.05, 0.1) is 12.8 Å². The van der Waals surface area contributed by atoms with Crippen LogP contribution in [0.2, 0.25) is 0 Å². The molecular weight excluding hydrogens is 204 g/mol. The molecule has 82 valence electrons. The monoisotopic (exact) mass is 214 g/mol. The van der Waals surface area contributed by atoms with Crippen molar-refractivity contribution in [3.05, 3.63) is 11.8 Å². The number of H-pyrrole nitrogens is 1. The molecule has 0 aliphatic rings. The first kappa shape index (κ1) is 11.0. The van der Waals surface area contributed by atoms with Crippen molar-refractivity contribution in [3.8, 4) is 0 Å². The molecule has 0 aliphatic heterocycles. The fraction of sp³-hybridized carbons (Fsp3) is 0.286. The van der Waals surface area contributed by atoms with Crippen molar-refractivity contribution in [1.82, 2.24) is 15.5 Å². The number of aromatic nitrogens is 2. The van der Waals surface area contributed by atoms with Gasteiger partial charge in [0.2, 0.25) is 0 Å². The maximum Gasteiger partial charge on any atom is 0.328 e. The largest absolute Gasteiger partial charge is 0.480 e. The Labute approximate surface area is 84.1 Å². The number of anilines is 1. The van der Waals surface area contributed by atoms with Gasteiger partial charge in [-0.1, -0.05) is 0 Å². The van der Waals surface area contributed by atoms with Crippen molar-refractivity contribution < 1.29 is 19.8 Å². The van der Waals surface area contributed by atoms with Gasteiger partial charge >= 0.3 is 5.97 Å². The van der Waals surface area contributed by atoms with Crippen LogP contribution in [0.15, 0.2) is 6.20 Å². The molecule has 15 heavy (non-hydrogen) atoms. The maximum absolute atomic E-state index is 11.4. The molecule has 1 unspecified atom stereocenters. The first-order valence-electron chi connectivity index (χ1n) is 3.99. The van der Waals surface area contributed by atoms with E-state index in [9.17, 15) is 9.59 Å². The van der Waals surface area contributed by atoms with Crippen molar-refractivity contribution in [2.45, 2.75) is 6.04 Å². The van der Waals surface area contributed by atoms with E-state index in [2.05, 4.69) is 15.5 Å². The van der Waals surface area contributed by atoms with E-state index in [0.717, 1.165) is 0 Å². The van der Waals surface area contributed by atoms with E-state index in [0.29, 0.717) is 0 Å². The van der Waals surface area contributed by atoms with Gasteiger partial charge in [-0.3, -0.25) is 9.89 Å². The third kappa shape index (κ3) is 2.44. The molecule has 0 saturated heterocycles. The van der Waals surface area contributed by atoms with Crippen LogP contribution < -0.4 is 11.1 Å². The molecule has 0 aromatic carbocycles. The summed E-state index contributed by atoms with van der Waals surface area (Å²) < 4.78 is 0. The number of hydrogen-bond donors (Lipinski definition) is 5. The number of aliphatic hydroxyl groups is 1. The number of nitrogen functional groups attached to an aromatic ring is 1.